The van der Waals surface area contributed by atoms with Crippen molar-refractivity contribution in [3.05, 3.63) is 17.7 Å². The van der Waals surface area contributed by atoms with Crippen LogP contribution in [0.1, 0.15) is 5.56 Å². The van der Waals surface area contributed by atoms with Crippen LogP contribution in [0, 0.1) is 0 Å². The topological polar surface area (TPSA) is 47.9 Å². The van der Waals surface area contributed by atoms with Crippen molar-refractivity contribution >= 4 is 17.8 Å². The molecule has 1 rings (SSSR count). The lowest BCUT2D eigenvalue weighted by Crippen LogP contribution is -1.97. The summed E-state index contributed by atoms with van der Waals surface area (Å²) in [5, 5.41) is 0. The number of carbonyl (C=O) groups excluding carboxylic acids is 1. The number of nitrogens with zero attached hydrogens (tertiary/aromatic N) is 1. The fraction of sp³-hybridized carbons (Fsp3) is 0.364. The van der Waals surface area contributed by atoms with Crippen LogP contribution in [-0.4, -0.2) is 26.6 Å². The van der Waals surface area contributed by atoms with Gasteiger partial charge in [-0.25, -0.2) is 9.79 Å². The molecule has 86 valence electrons. The van der Waals surface area contributed by atoms with Crippen LogP contribution in [-0.2, 0) is 11.3 Å². The molecular formula is C11H13NO3S. The van der Waals surface area contributed by atoms with Gasteiger partial charge in [-0.1, -0.05) is 6.07 Å². The molecule has 0 aliphatic carbocycles. The number of aliphatic imine (C=N–C) groups is 1. The van der Waals surface area contributed by atoms with Crippen molar-refractivity contribution < 1.29 is 14.3 Å². The Balaban J connectivity index is 3.24. The predicted octanol–water partition coefficient (Wildman–Crippen LogP) is 2.26. The molecule has 0 fully saturated rings. The minimum atomic E-state index is 0.248. The van der Waals surface area contributed by atoms with E-state index in [-0.39, 0.29) is 6.54 Å². The second kappa shape index (κ2) is 6.20. The first-order chi connectivity index (χ1) is 7.78. The van der Waals surface area contributed by atoms with Gasteiger partial charge in [-0.2, -0.15) is 0 Å². The van der Waals surface area contributed by atoms with E-state index in [0.29, 0.717) is 11.5 Å². The van der Waals surface area contributed by atoms with E-state index in [0.717, 1.165) is 10.5 Å². The zero-order valence-corrected chi connectivity index (χ0v) is 10.3. The lowest BCUT2D eigenvalue weighted by atomic mass is 10.2. The zero-order valence-electron chi connectivity index (χ0n) is 9.44. The summed E-state index contributed by atoms with van der Waals surface area (Å²) in [6.45, 7) is 0.248. The molecule has 0 N–H and O–H groups in total. The molecule has 0 unspecified atom stereocenters. The zero-order chi connectivity index (χ0) is 12.0. The number of benzene rings is 1. The number of isocyanates is 1. The van der Waals surface area contributed by atoms with E-state index < -0.39 is 0 Å². The van der Waals surface area contributed by atoms with E-state index in [1.807, 2.05) is 18.4 Å². The van der Waals surface area contributed by atoms with Crippen LogP contribution in [0.4, 0.5) is 0 Å². The van der Waals surface area contributed by atoms with Crippen LogP contribution in [0.5, 0.6) is 11.5 Å². The molecule has 16 heavy (non-hydrogen) atoms. The van der Waals surface area contributed by atoms with E-state index in [1.54, 1.807) is 26.0 Å². The monoisotopic (exact) mass is 239 g/mol. The number of hydrogen-bond donors (Lipinski definition) is 0. The fourth-order valence-electron chi connectivity index (χ4n) is 1.41. The van der Waals surface area contributed by atoms with E-state index in [4.69, 9.17) is 9.47 Å². The van der Waals surface area contributed by atoms with Crippen LogP contribution in [0.3, 0.4) is 0 Å². The summed E-state index contributed by atoms with van der Waals surface area (Å²) < 4.78 is 10.6. The Morgan fingerprint density at radius 1 is 1.31 bits per heavy atom. The quantitative estimate of drug-likeness (QED) is 0.449. The molecule has 0 aliphatic heterocycles. The van der Waals surface area contributed by atoms with E-state index >= 15 is 0 Å². The molecule has 0 bridgehead atoms. The van der Waals surface area contributed by atoms with Gasteiger partial charge in [-0.05, 0) is 12.3 Å². The summed E-state index contributed by atoms with van der Waals surface area (Å²) in [6, 6.07) is 3.79. The van der Waals surface area contributed by atoms with E-state index in [9.17, 15) is 4.79 Å². The number of hydrogen-bond acceptors (Lipinski definition) is 5. The van der Waals surface area contributed by atoms with Crippen LogP contribution < -0.4 is 9.47 Å². The van der Waals surface area contributed by atoms with Gasteiger partial charge in [-0.15, -0.1) is 11.8 Å². The maximum Gasteiger partial charge on any atom is 0.235 e. The molecule has 1 aromatic carbocycles. The second-order valence-corrected chi connectivity index (χ2v) is 3.75. The van der Waals surface area contributed by atoms with Crippen LogP contribution in [0.2, 0.25) is 0 Å². The first-order valence-electron chi connectivity index (χ1n) is 4.60. The first-order valence-corrected chi connectivity index (χ1v) is 5.82. The second-order valence-electron chi connectivity index (χ2n) is 2.90. The number of rotatable bonds is 5. The van der Waals surface area contributed by atoms with Gasteiger partial charge in [0.15, 0.2) is 11.5 Å². The normalized spacial score (nSPS) is 9.44. The Labute approximate surface area is 98.7 Å². The third-order valence-corrected chi connectivity index (χ3v) is 2.86. The maximum absolute atomic E-state index is 10.1. The average Bonchev–Trinajstić information content (AvgIpc) is 2.34. The summed E-state index contributed by atoms with van der Waals surface area (Å²) >= 11 is 1.57. The predicted molar refractivity (Wildman–Crippen MR) is 63.2 cm³/mol. The molecule has 0 radical (unpaired) electrons. The largest absolute Gasteiger partial charge is 0.492 e. The van der Waals surface area contributed by atoms with Crippen molar-refractivity contribution in [3.8, 4) is 11.5 Å². The Hall–Kier alpha value is -1.45. The molecule has 0 aromatic heterocycles. The van der Waals surface area contributed by atoms with Gasteiger partial charge in [0.25, 0.3) is 0 Å². The van der Waals surface area contributed by atoms with Gasteiger partial charge in [0.1, 0.15) is 0 Å². The number of methoxy groups -OCH3 is 2. The highest BCUT2D eigenvalue weighted by Crippen LogP contribution is 2.39. The highest BCUT2D eigenvalue weighted by molar-refractivity contribution is 7.98. The van der Waals surface area contributed by atoms with Gasteiger partial charge in [0, 0.05) is 5.56 Å². The molecule has 0 saturated heterocycles. The van der Waals surface area contributed by atoms with Gasteiger partial charge in [-0.3, -0.25) is 0 Å². The molecule has 0 heterocycles. The molecule has 5 heteroatoms. The van der Waals surface area contributed by atoms with Crippen LogP contribution in [0.15, 0.2) is 22.0 Å². The molecule has 0 atom stereocenters. The van der Waals surface area contributed by atoms with E-state index in [1.165, 1.54) is 6.08 Å². The van der Waals surface area contributed by atoms with Crippen LogP contribution in [0.25, 0.3) is 0 Å². The maximum atomic E-state index is 10.1. The standard InChI is InChI=1S/C11H13NO3S/c1-14-10-8(6-12-7-13)4-5-9(16-3)11(10)15-2/h4-5H,6H2,1-3H3. The number of thioether (sulfide) groups is 1. The van der Waals surface area contributed by atoms with Gasteiger partial charge < -0.3 is 9.47 Å². The minimum Gasteiger partial charge on any atom is -0.492 e. The molecule has 4 nitrogen and oxygen atoms in total. The van der Waals surface area contributed by atoms with Gasteiger partial charge in [0.05, 0.1) is 25.7 Å². The molecule has 1 aromatic rings. The smallest absolute Gasteiger partial charge is 0.235 e. The first kappa shape index (κ1) is 12.6. The SMILES string of the molecule is COc1c(CN=C=O)ccc(SC)c1OC. The lowest BCUT2D eigenvalue weighted by molar-refractivity contribution is 0.345. The Bertz CT molecular complexity index is 414. The van der Waals surface area contributed by atoms with Gasteiger partial charge in [0.2, 0.25) is 6.08 Å². The third-order valence-electron chi connectivity index (χ3n) is 2.10. The minimum absolute atomic E-state index is 0.248. The van der Waals surface area contributed by atoms with Crippen molar-refractivity contribution in [1.29, 1.82) is 0 Å². The summed E-state index contributed by atoms with van der Waals surface area (Å²) in [5.74, 6) is 1.29. The molecule has 0 amide bonds. The van der Waals surface area contributed by atoms with Crippen molar-refractivity contribution in [1.82, 2.24) is 0 Å². The van der Waals surface area contributed by atoms with Crippen LogP contribution >= 0.6 is 11.8 Å². The van der Waals surface area contributed by atoms with Gasteiger partial charge >= 0.3 is 0 Å². The van der Waals surface area contributed by atoms with Crippen molar-refractivity contribution in [2.75, 3.05) is 20.5 Å². The summed E-state index contributed by atoms with van der Waals surface area (Å²) in [4.78, 5) is 14.6. The van der Waals surface area contributed by atoms with Crippen molar-refractivity contribution in [2.24, 2.45) is 4.99 Å². The molecule has 0 saturated carbocycles. The average molecular weight is 239 g/mol. The van der Waals surface area contributed by atoms with Crippen molar-refractivity contribution in [3.63, 3.8) is 0 Å². The highest BCUT2D eigenvalue weighted by Gasteiger charge is 2.13. The third kappa shape index (κ3) is 2.56. The fourth-order valence-corrected chi connectivity index (χ4v) is 1.97. The summed E-state index contributed by atoms with van der Waals surface area (Å²) in [6.07, 6.45) is 3.47. The van der Waals surface area contributed by atoms with Crippen molar-refractivity contribution in [2.45, 2.75) is 11.4 Å². The molecule has 0 aliphatic rings. The Kier molecular flexibility index (Phi) is 4.89. The Morgan fingerprint density at radius 2 is 2.00 bits per heavy atom. The molecule has 0 spiro atoms. The Morgan fingerprint density at radius 3 is 2.50 bits per heavy atom. The van der Waals surface area contributed by atoms with E-state index in [2.05, 4.69) is 4.99 Å². The molecular weight excluding hydrogens is 226 g/mol. The highest BCUT2D eigenvalue weighted by atomic mass is 32.2. The summed E-state index contributed by atoms with van der Waals surface area (Å²) in [7, 11) is 3.15. The summed E-state index contributed by atoms with van der Waals surface area (Å²) in [5.41, 5.74) is 0.806. The lowest BCUT2D eigenvalue weighted by Gasteiger charge is -2.14. The number of ether oxygens (including phenoxy) is 2.